The fourth-order valence-electron chi connectivity index (χ4n) is 4.25. The van der Waals surface area contributed by atoms with E-state index < -0.39 is 18.5 Å². The second kappa shape index (κ2) is 7.62. The van der Waals surface area contributed by atoms with Crippen LogP contribution in [0.3, 0.4) is 0 Å². The van der Waals surface area contributed by atoms with Crippen LogP contribution < -0.4 is 14.2 Å². The van der Waals surface area contributed by atoms with Crippen LogP contribution in [0, 0.1) is 11.8 Å². The van der Waals surface area contributed by atoms with Gasteiger partial charge in [0.2, 0.25) is 5.75 Å². The molecule has 2 fully saturated rings. The van der Waals surface area contributed by atoms with Crippen molar-refractivity contribution in [3.05, 3.63) is 41.5 Å². The van der Waals surface area contributed by atoms with Gasteiger partial charge in [-0.05, 0) is 35.4 Å². The molecule has 5 unspecified atom stereocenters. The maximum Gasteiger partial charge on any atom is 0.200 e. The van der Waals surface area contributed by atoms with Gasteiger partial charge in [-0.2, -0.15) is 0 Å². The van der Waals surface area contributed by atoms with Crippen molar-refractivity contribution in [2.75, 3.05) is 27.9 Å². The molecule has 2 aliphatic heterocycles. The predicted molar refractivity (Wildman–Crippen MR) is 101 cm³/mol. The van der Waals surface area contributed by atoms with Crippen molar-refractivity contribution in [1.29, 1.82) is 0 Å². The summed E-state index contributed by atoms with van der Waals surface area (Å²) in [5.74, 6) is 0.390. The van der Waals surface area contributed by atoms with Crippen LogP contribution in [0.15, 0.2) is 30.3 Å². The second-order valence-corrected chi connectivity index (χ2v) is 7.15. The molecule has 29 heavy (non-hydrogen) atoms. The lowest BCUT2D eigenvalue weighted by atomic mass is 9.84. The van der Waals surface area contributed by atoms with Crippen LogP contribution in [0.5, 0.6) is 28.7 Å². The minimum Gasteiger partial charge on any atom is -0.504 e. The third-order valence-corrected chi connectivity index (χ3v) is 5.68. The van der Waals surface area contributed by atoms with Gasteiger partial charge < -0.3 is 39.0 Å². The Morgan fingerprint density at radius 3 is 2.10 bits per heavy atom. The number of hydrogen-bond donors (Lipinski definition) is 3. The Bertz CT molecular complexity index is 873. The van der Waals surface area contributed by atoms with E-state index in [-0.39, 0.29) is 34.8 Å². The van der Waals surface area contributed by atoms with Crippen LogP contribution in [-0.4, -0.2) is 49.5 Å². The smallest absolute Gasteiger partial charge is 0.200 e. The number of fused-ring (bicyclic) bond motifs is 1. The number of aliphatic hydroxyl groups is 1. The summed E-state index contributed by atoms with van der Waals surface area (Å²) < 4.78 is 27.6. The van der Waals surface area contributed by atoms with Crippen molar-refractivity contribution < 1.29 is 39.0 Å². The Hall–Kier alpha value is -2.68. The molecule has 2 aromatic rings. The lowest BCUT2D eigenvalue weighted by Crippen LogP contribution is -2.22. The highest BCUT2D eigenvalue weighted by molar-refractivity contribution is 5.53. The maximum atomic E-state index is 10.7. The fraction of sp³-hybridized carbons (Fsp3) is 0.429. The summed E-state index contributed by atoms with van der Waals surface area (Å²) in [5, 5.41) is 30.7. The van der Waals surface area contributed by atoms with Crippen molar-refractivity contribution in [2.45, 2.75) is 18.5 Å². The molecule has 3 N–H and O–H groups in total. The van der Waals surface area contributed by atoms with E-state index in [1.807, 2.05) is 0 Å². The van der Waals surface area contributed by atoms with E-state index in [4.69, 9.17) is 23.7 Å². The average Bonchev–Trinajstić information content (AvgIpc) is 3.30. The number of benzene rings is 2. The molecule has 0 aliphatic carbocycles. The van der Waals surface area contributed by atoms with E-state index in [1.54, 1.807) is 30.3 Å². The monoisotopic (exact) mass is 404 g/mol. The first-order valence-electron chi connectivity index (χ1n) is 9.25. The van der Waals surface area contributed by atoms with Crippen molar-refractivity contribution in [2.24, 2.45) is 11.8 Å². The number of rotatable bonds is 5. The first kappa shape index (κ1) is 19.6. The van der Waals surface area contributed by atoms with Crippen LogP contribution in [0.4, 0.5) is 0 Å². The van der Waals surface area contributed by atoms with Gasteiger partial charge in [0.25, 0.3) is 0 Å². The summed E-state index contributed by atoms with van der Waals surface area (Å²) in [6.45, 7) is 0.381. The van der Waals surface area contributed by atoms with Gasteiger partial charge >= 0.3 is 0 Å². The van der Waals surface area contributed by atoms with E-state index >= 15 is 0 Å². The Morgan fingerprint density at radius 1 is 0.862 bits per heavy atom. The molecule has 2 aliphatic rings. The highest BCUT2D eigenvalue weighted by Gasteiger charge is 2.53. The topological polar surface area (TPSA) is 107 Å². The molecule has 0 aromatic heterocycles. The molecule has 156 valence electrons. The Kier molecular flexibility index (Phi) is 5.16. The molecule has 4 rings (SSSR count). The zero-order valence-corrected chi connectivity index (χ0v) is 16.4. The molecule has 0 saturated carbocycles. The molecule has 2 saturated heterocycles. The number of methoxy groups -OCH3 is 3. The second-order valence-electron chi connectivity index (χ2n) is 7.15. The fourth-order valence-corrected chi connectivity index (χ4v) is 4.25. The molecular weight excluding hydrogens is 380 g/mol. The van der Waals surface area contributed by atoms with Crippen LogP contribution in [-0.2, 0) is 9.47 Å². The normalized spacial score (nSPS) is 28.2. The van der Waals surface area contributed by atoms with E-state index in [0.717, 1.165) is 11.1 Å². The Morgan fingerprint density at radius 2 is 1.48 bits per heavy atom. The van der Waals surface area contributed by atoms with Gasteiger partial charge in [-0.15, -0.1) is 0 Å². The summed E-state index contributed by atoms with van der Waals surface area (Å²) in [6, 6.07) is 8.34. The van der Waals surface area contributed by atoms with Gasteiger partial charge in [-0.3, -0.25) is 0 Å². The quantitative estimate of drug-likeness (QED) is 0.698. The summed E-state index contributed by atoms with van der Waals surface area (Å²) in [7, 11) is 4.39. The Labute approximate surface area is 168 Å². The summed E-state index contributed by atoms with van der Waals surface area (Å²) >= 11 is 0. The van der Waals surface area contributed by atoms with Crippen molar-refractivity contribution in [1.82, 2.24) is 0 Å². The Balaban J connectivity index is 1.66. The van der Waals surface area contributed by atoms with Gasteiger partial charge in [0.05, 0.1) is 40.1 Å². The molecule has 0 spiro atoms. The molecule has 2 heterocycles. The molecule has 8 nitrogen and oxygen atoms in total. The van der Waals surface area contributed by atoms with Crippen LogP contribution >= 0.6 is 0 Å². The first-order valence-corrected chi connectivity index (χ1v) is 9.25. The van der Waals surface area contributed by atoms with Crippen molar-refractivity contribution in [3.8, 4) is 28.7 Å². The van der Waals surface area contributed by atoms with Gasteiger partial charge in [-0.25, -0.2) is 0 Å². The van der Waals surface area contributed by atoms with E-state index in [0.29, 0.717) is 12.4 Å². The lowest BCUT2D eigenvalue weighted by Gasteiger charge is -2.21. The summed E-state index contributed by atoms with van der Waals surface area (Å²) in [5.41, 5.74) is 1.51. The minimum atomic E-state index is -1.04. The average molecular weight is 404 g/mol. The molecular formula is C21H24O8. The third-order valence-electron chi connectivity index (χ3n) is 5.68. The molecule has 8 heteroatoms. The van der Waals surface area contributed by atoms with Crippen LogP contribution in [0.25, 0.3) is 0 Å². The molecule has 5 atom stereocenters. The van der Waals surface area contributed by atoms with Crippen LogP contribution in [0.2, 0.25) is 0 Å². The van der Waals surface area contributed by atoms with Gasteiger partial charge in [-0.1, -0.05) is 6.07 Å². The highest BCUT2D eigenvalue weighted by atomic mass is 16.6. The van der Waals surface area contributed by atoms with Crippen molar-refractivity contribution in [3.63, 3.8) is 0 Å². The molecule has 2 aromatic carbocycles. The van der Waals surface area contributed by atoms with Gasteiger partial charge in [0, 0.05) is 11.8 Å². The molecule has 0 bridgehead atoms. The molecule has 0 radical (unpaired) electrons. The first-order chi connectivity index (χ1) is 14.0. The number of ether oxygens (including phenoxy) is 5. The van der Waals surface area contributed by atoms with Crippen LogP contribution in [0.1, 0.15) is 23.3 Å². The largest absolute Gasteiger partial charge is 0.504 e. The zero-order valence-electron chi connectivity index (χ0n) is 16.4. The van der Waals surface area contributed by atoms with Crippen molar-refractivity contribution >= 4 is 0 Å². The SMILES string of the molecule is COc1cc(C2OC(O)C3C(c4cc(OC)c(O)c(OC)c4)OCC23)ccc1O. The number of aromatic hydroxyl groups is 2. The summed E-state index contributed by atoms with van der Waals surface area (Å²) in [4.78, 5) is 0. The maximum absolute atomic E-state index is 10.7. The lowest BCUT2D eigenvalue weighted by molar-refractivity contribution is -0.134. The minimum absolute atomic E-state index is 0.0372. The number of hydrogen-bond acceptors (Lipinski definition) is 8. The standard InChI is InChI=1S/C21H24O8/c1-25-14-6-10(4-5-13(14)22)19-12-9-28-20(17(12)21(24)29-19)11-7-15(26-2)18(23)16(8-11)27-3/h4-8,12,17,19-24H,9H2,1-3H3. The van der Waals surface area contributed by atoms with E-state index in [1.165, 1.54) is 21.3 Å². The number of aliphatic hydroxyl groups excluding tert-OH is 1. The third kappa shape index (κ3) is 3.23. The predicted octanol–water partition coefficient (Wildman–Crippen LogP) is 2.52. The van der Waals surface area contributed by atoms with Gasteiger partial charge in [0.15, 0.2) is 29.3 Å². The highest BCUT2D eigenvalue weighted by Crippen LogP contribution is 2.54. The number of phenolic OH excluding ortho intramolecular Hbond substituents is 2. The van der Waals surface area contributed by atoms with Gasteiger partial charge in [0.1, 0.15) is 0 Å². The molecule has 0 amide bonds. The van der Waals surface area contributed by atoms with E-state index in [2.05, 4.69) is 0 Å². The zero-order chi connectivity index (χ0) is 20.7. The number of phenols is 2. The summed E-state index contributed by atoms with van der Waals surface area (Å²) in [6.07, 6.45) is -1.90. The van der Waals surface area contributed by atoms with E-state index in [9.17, 15) is 15.3 Å².